The van der Waals surface area contributed by atoms with Crippen molar-refractivity contribution in [2.24, 2.45) is 0 Å². The van der Waals surface area contributed by atoms with Crippen LogP contribution in [-0.2, 0) is 30.5 Å². The summed E-state index contributed by atoms with van der Waals surface area (Å²) in [5.41, 5.74) is 0.866. The standard InChI is InChI=1S/C29H21ClF4N4O4/c30-18-4-2-17(20(31)12-18)14-42-27-26(29(32,33)34)36-21-5-1-15(9-23(21)37-27)10-25-35-22-6-3-16(28(39)40)11-24(22)38(25)13-19-7-8-41-19/h1-6,9,11-12,19H,7-8,10,13-14H2,(H,39,40)/t19-/m0/s1. The van der Waals surface area contributed by atoms with Gasteiger partial charge in [-0.3, -0.25) is 0 Å². The number of nitrogens with zero attached hydrogens (tertiary/aromatic N) is 4. The predicted octanol–water partition coefficient (Wildman–Crippen LogP) is 6.45. The van der Waals surface area contributed by atoms with Crippen LogP contribution < -0.4 is 4.74 Å². The zero-order chi connectivity index (χ0) is 29.6. The summed E-state index contributed by atoms with van der Waals surface area (Å²) in [4.78, 5) is 24.1. The largest absolute Gasteiger partial charge is 0.478 e. The van der Waals surface area contributed by atoms with Crippen LogP contribution in [-0.4, -0.2) is 43.3 Å². The van der Waals surface area contributed by atoms with E-state index in [2.05, 4.69) is 9.97 Å². The highest BCUT2D eigenvalue weighted by Crippen LogP contribution is 2.35. The number of alkyl halides is 3. The molecule has 0 saturated carbocycles. The minimum Gasteiger partial charge on any atom is -0.478 e. The van der Waals surface area contributed by atoms with Gasteiger partial charge in [0.15, 0.2) is 0 Å². The molecule has 0 amide bonds. The van der Waals surface area contributed by atoms with Gasteiger partial charge in [-0.1, -0.05) is 23.7 Å². The third-order valence-corrected chi connectivity index (χ3v) is 7.20. The Morgan fingerprint density at radius 2 is 1.83 bits per heavy atom. The van der Waals surface area contributed by atoms with E-state index in [1.807, 2.05) is 4.57 Å². The number of benzene rings is 3. The van der Waals surface area contributed by atoms with Crippen LogP contribution in [0.1, 0.15) is 39.4 Å². The molecule has 0 aliphatic carbocycles. The van der Waals surface area contributed by atoms with E-state index in [1.165, 1.54) is 24.3 Å². The fraction of sp³-hybridized carbons (Fsp3) is 0.241. The SMILES string of the molecule is O=C(O)c1ccc2nc(Cc3ccc4nc(C(F)(F)F)c(OCc5ccc(Cl)cc5F)nc4c3)n(C[C@@H]3CCO3)c2c1. The second-order valence-corrected chi connectivity index (χ2v) is 10.3. The normalized spacial score (nSPS) is 15.2. The molecule has 3 heterocycles. The Labute approximate surface area is 240 Å². The first kappa shape index (κ1) is 27.9. The molecule has 1 saturated heterocycles. The minimum absolute atomic E-state index is 0.00132. The van der Waals surface area contributed by atoms with E-state index in [0.717, 1.165) is 12.5 Å². The Balaban J connectivity index is 1.35. The number of rotatable bonds is 8. The minimum atomic E-state index is -4.86. The quantitative estimate of drug-likeness (QED) is 0.204. The molecule has 0 bridgehead atoms. The molecule has 13 heteroatoms. The lowest BCUT2D eigenvalue weighted by atomic mass is 10.1. The number of ether oxygens (including phenoxy) is 2. The van der Waals surface area contributed by atoms with Crippen LogP contribution in [0.25, 0.3) is 22.1 Å². The Morgan fingerprint density at radius 3 is 2.52 bits per heavy atom. The number of aromatic carboxylic acids is 1. The fourth-order valence-corrected chi connectivity index (χ4v) is 4.88. The van der Waals surface area contributed by atoms with Crippen LogP contribution in [0, 0.1) is 5.82 Å². The van der Waals surface area contributed by atoms with Crippen molar-refractivity contribution in [3.8, 4) is 5.88 Å². The molecule has 3 aromatic carbocycles. The maximum atomic E-state index is 14.2. The van der Waals surface area contributed by atoms with Gasteiger partial charge in [-0.25, -0.2) is 24.1 Å². The van der Waals surface area contributed by atoms with Crippen molar-refractivity contribution < 1.29 is 36.9 Å². The Morgan fingerprint density at radius 1 is 1.05 bits per heavy atom. The van der Waals surface area contributed by atoms with Gasteiger partial charge in [0, 0.05) is 23.6 Å². The lowest BCUT2D eigenvalue weighted by Crippen LogP contribution is -2.31. The van der Waals surface area contributed by atoms with Crippen LogP contribution in [0.3, 0.4) is 0 Å². The number of fused-ring (bicyclic) bond motifs is 2. The Hall–Kier alpha value is -4.29. The monoisotopic (exact) mass is 600 g/mol. The molecule has 0 radical (unpaired) electrons. The highest BCUT2D eigenvalue weighted by molar-refractivity contribution is 6.30. The molecular formula is C29H21ClF4N4O4. The Bertz CT molecular complexity index is 1840. The van der Waals surface area contributed by atoms with Crippen molar-refractivity contribution in [3.63, 3.8) is 0 Å². The number of hydrogen-bond acceptors (Lipinski definition) is 6. The lowest BCUT2D eigenvalue weighted by Gasteiger charge is -2.27. The van der Waals surface area contributed by atoms with Gasteiger partial charge in [-0.15, -0.1) is 0 Å². The third kappa shape index (κ3) is 5.59. The molecule has 1 atom stereocenters. The maximum Gasteiger partial charge on any atom is 0.438 e. The van der Waals surface area contributed by atoms with Crippen LogP contribution in [0.2, 0.25) is 5.02 Å². The van der Waals surface area contributed by atoms with E-state index in [-0.39, 0.29) is 39.7 Å². The van der Waals surface area contributed by atoms with E-state index in [4.69, 9.17) is 26.1 Å². The second-order valence-electron chi connectivity index (χ2n) is 9.83. The van der Waals surface area contributed by atoms with E-state index in [0.29, 0.717) is 35.6 Å². The van der Waals surface area contributed by atoms with Crippen molar-refractivity contribution in [1.82, 2.24) is 19.5 Å². The van der Waals surface area contributed by atoms with Gasteiger partial charge in [0.1, 0.15) is 18.2 Å². The number of imidazole rings is 1. The average Bonchev–Trinajstić information content (AvgIpc) is 3.24. The van der Waals surface area contributed by atoms with Gasteiger partial charge in [0.2, 0.25) is 11.6 Å². The van der Waals surface area contributed by atoms with Crippen molar-refractivity contribution in [2.75, 3.05) is 6.61 Å². The van der Waals surface area contributed by atoms with E-state index < -0.39 is 36.1 Å². The molecule has 8 nitrogen and oxygen atoms in total. The number of carboxylic acids is 1. The second kappa shape index (κ2) is 10.8. The summed E-state index contributed by atoms with van der Waals surface area (Å²) in [6.07, 6.45) is -3.78. The van der Waals surface area contributed by atoms with Gasteiger partial charge in [-0.2, -0.15) is 13.2 Å². The number of carboxylic acid groups (broad SMARTS) is 1. The first-order valence-electron chi connectivity index (χ1n) is 12.8. The number of hydrogen-bond donors (Lipinski definition) is 1. The molecule has 1 fully saturated rings. The molecule has 5 aromatic rings. The van der Waals surface area contributed by atoms with Crippen molar-refractivity contribution in [2.45, 2.75) is 38.3 Å². The summed E-state index contributed by atoms with van der Waals surface area (Å²) < 4.78 is 68.5. The van der Waals surface area contributed by atoms with Gasteiger partial charge in [-0.05, 0) is 54.4 Å². The molecule has 1 aliphatic rings. The molecule has 6 rings (SSSR count). The van der Waals surface area contributed by atoms with Crippen molar-refractivity contribution >= 4 is 39.6 Å². The topological polar surface area (TPSA) is 99.4 Å². The zero-order valence-electron chi connectivity index (χ0n) is 21.7. The van der Waals surface area contributed by atoms with Crippen LogP contribution in [0.15, 0.2) is 54.6 Å². The molecule has 42 heavy (non-hydrogen) atoms. The van der Waals surface area contributed by atoms with Crippen LogP contribution in [0.5, 0.6) is 5.88 Å². The summed E-state index contributed by atoms with van der Waals surface area (Å²) in [5.74, 6) is -1.94. The van der Waals surface area contributed by atoms with Crippen molar-refractivity contribution in [1.29, 1.82) is 0 Å². The molecule has 0 spiro atoms. The zero-order valence-corrected chi connectivity index (χ0v) is 22.4. The maximum absolute atomic E-state index is 14.2. The third-order valence-electron chi connectivity index (χ3n) is 6.96. The van der Waals surface area contributed by atoms with Crippen LogP contribution in [0.4, 0.5) is 17.6 Å². The summed E-state index contributed by atoms with van der Waals surface area (Å²) >= 11 is 5.76. The molecule has 1 aliphatic heterocycles. The van der Waals surface area contributed by atoms with E-state index in [1.54, 1.807) is 24.3 Å². The molecule has 1 N–H and O–H groups in total. The number of aromatic nitrogens is 4. The van der Waals surface area contributed by atoms with Gasteiger partial charge in [0.05, 0.1) is 40.3 Å². The highest BCUT2D eigenvalue weighted by Gasteiger charge is 2.38. The van der Waals surface area contributed by atoms with E-state index >= 15 is 0 Å². The van der Waals surface area contributed by atoms with Crippen molar-refractivity contribution in [3.05, 3.63) is 93.6 Å². The summed E-state index contributed by atoms with van der Waals surface area (Å²) in [5, 5.41) is 9.61. The highest BCUT2D eigenvalue weighted by atomic mass is 35.5. The summed E-state index contributed by atoms with van der Waals surface area (Å²) in [6, 6.07) is 13.1. The average molecular weight is 601 g/mol. The van der Waals surface area contributed by atoms with Gasteiger partial charge >= 0.3 is 12.1 Å². The molecule has 2 aromatic heterocycles. The summed E-state index contributed by atoms with van der Waals surface area (Å²) in [7, 11) is 0. The summed E-state index contributed by atoms with van der Waals surface area (Å²) in [6.45, 7) is 0.597. The lowest BCUT2D eigenvalue weighted by molar-refractivity contribution is -0.142. The fourth-order valence-electron chi connectivity index (χ4n) is 4.72. The Kier molecular flexibility index (Phi) is 7.19. The molecular weight excluding hydrogens is 580 g/mol. The van der Waals surface area contributed by atoms with Gasteiger partial charge < -0.3 is 19.1 Å². The molecule has 216 valence electrons. The van der Waals surface area contributed by atoms with Gasteiger partial charge in [0.25, 0.3) is 0 Å². The first-order valence-corrected chi connectivity index (χ1v) is 13.2. The number of carbonyl (C=O) groups is 1. The predicted molar refractivity (Wildman–Crippen MR) is 144 cm³/mol. The van der Waals surface area contributed by atoms with E-state index in [9.17, 15) is 27.5 Å². The molecule has 0 unspecified atom stereocenters. The van der Waals surface area contributed by atoms with Crippen LogP contribution >= 0.6 is 11.6 Å². The number of halogens is 5. The first-order chi connectivity index (χ1) is 20.0. The smallest absolute Gasteiger partial charge is 0.438 e.